The quantitative estimate of drug-likeness (QED) is 0.506. The normalized spacial score (nSPS) is 15.5. The molecule has 12 heteroatoms. The fraction of sp³-hybridized carbons (Fsp3) is 0.286. The average molecular weight is 500 g/mol. The standard InChI is InChI=1S/C21H20F3N3O4S2/c1-30-19-5-3-2-4-17(19)18-14-32-20(25-18)26-10-12-27(13-11-26)33(28,29)16-8-6-15(7-9-16)31-21(22,23)24/h2-9,14H,10-13H2,1H3. The molecule has 4 rings (SSSR count). The Bertz CT molecular complexity index is 1210. The van der Waals surface area contributed by atoms with E-state index < -0.39 is 22.1 Å². The van der Waals surface area contributed by atoms with Gasteiger partial charge >= 0.3 is 6.36 Å². The van der Waals surface area contributed by atoms with Crippen LogP contribution in [0.15, 0.2) is 58.8 Å². The second-order valence-corrected chi connectivity index (χ2v) is 9.90. The summed E-state index contributed by atoms with van der Waals surface area (Å²) in [6, 6.07) is 11.8. The number of halogens is 3. The Morgan fingerprint density at radius 1 is 1.00 bits per heavy atom. The van der Waals surface area contributed by atoms with Crippen LogP contribution in [-0.4, -0.2) is 57.4 Å². The molecule has 1 fully saturated rings. The van der Waals surface area contributed by atoms with Crippen LogP contribution in [0.2, 0.25) is 0 Å². The van der Waals surface area contributed by atoms with E-state index in [1.807, 2.05) is 34.5 Å². The van der Waals surface area contributed by atoms with Gasteiger partial charge in [-0.25, -0.2) is 13.4 Å². The fourth-order valence-corrected chi connectivity index (χ4v) is 5.77. The Kier molecular flexibility index (Phi) is 6.50. The molecule has 0 N–H and O–H groups in total. The van der Waals surface area contributed by atoms with Crippen LogP contribution in [-0.2, 0) is 10.0 Å². The first-order chi connectivity index (χ1) is 15.7. The number of rotatable bonds is 6. The molecular weight excluding hydrogens is 479 g/mol. The van der Waals surface area contributed by atoms with Crippen LogP contribution in [0.5, 0.6) is 11.5 Å². The van der Waals surface area contributed by atoms with Gasteiger partial charge in [0.1, 0.15) is 11.5 Å². The zero-order valence-corrected chi connectivity index (χ0v) is 19.1. The molecule has 176 valence electrons. The van der Waals surface area contributed by atoms with Gasteiger partial charge in [-0.2, -0.15) is 4.31 Å². The maximum absolute atomic E-state index is 12.9. The molecule has 1 aliphatic rings. The highest BCUT2D eigenvalue weighted by Gasteiger charge is 2.32. The molecule has 1 aromatic heterocycles. The Hall–Kier alpha value is -2.83. The second kappa shape index (κ2) is 9.20. The van der Waals surface area contributed by atoms with Gasteiger partial charge in [0.25, 0.3) is 0 Å². The Labute approximate surface area is 193 Å². The predicted molar refractivity (Wildman–Crippen MR) is 118 cm³/mol. The number of piperazine rings is 1. The van der Waals surface area contributed by atoms with Gasteiger partial charge in [0, 0.05) is 37.1 Å². The van der Waals surface area contributed by atoms with Crippen molar-refractivity contribution in [2.24, 2.45) is 0 Å². The summed E-state index contributed by atoms with van der Waals surface area (Å²) in [5, 5.41) is 2.71. The van der Waals surface area contributed by atoms with Gasteiger partial charge in [-0.15, -0.1) is 24.5 Å². The van der Waals surface area contributed by atoms with E-state index in [4.69, 9.17) is 4.74 Å². The number of anilines is 1. The van der Waals surface area contributed by atoms with Crippen molar-refractivity contribution >= 4 is 26.5 Å². The number of thiazole rings is 1. The molecule has 1 saturated heterocycles. The summed E-state index contributed by atoms with van der Waals surface area (Å²) in [5.74, 6) is 0.248. The first kappa shape index (κ1) is 23.3. The van der Waals surface area contributed by atoms with E-state index in [0.717, 1.165) is 46.4 Å². The molecule has 0 atom stereocenters. The van der Waals surface area contributed by atoms with E-state index in [1.165, 1.54) is 15.6 Å². The zero-order valence-electron chi connectivity index (χ0n) is 17.4. The minimum atomic E-state index is -4.84. The van der Waals surface area contributed by atoms with Gasteiger partial charge < -0.3 is 14.4 Å². The van der Waals surface area contributed by atoms with Crippen LogP contribution in [0, 0.1) is 0 Å². The number of methoxy groups -OCH3 is 1. The third kappa shape index (κ3) is 5.23. The van der Waals surface area contributed by atoms with Crippen molar-refractivity contribution in [2.75, 3.05) is 38.2 Å². The number of sulfonamides is 1. The summed E-state index contributed by atoms with van der Waals surface area (Å²) >= 11 is 1.47. The summed E-state index contributed by atoms with van der Waals surface area (Å²) in [5.41, 5.74) is 1.66. The van der Waals surface area contributed by atoms with Crippen LogP contribution >= 0.6 is 11.3 Å². The molecular formula is C21H20F3N3O4S2. The van der Waals surface area contributed by atoms with Gasteiger partial charge in [-0.1, -0.05) is 12.1 Å². The van der Waals surface area contributed by atoms with Crippen molar-refractivity contribution in [2.45, 2.75) is 11.3 Å². The number of alkyl halides is 3. The second-order valence-electron chi connectivity index (χ2n) is 7.13. The van der Waals surface area contributed by atoms with Gasteiger partial charge in [0.2, 0.25) is 10.0 Å². The first-order valence-corrected chi connectivity index (χ1v) is 12.2. The highest BCUT2D eigenvalue weighted by Crippen LogP contribution is 2.34. The molecule has 2 aromatic carbocycles. The van der Waals surface area contributed by atoms with Crippen molar-refractivity contribution in [1.29, 1.82) is 0 Å². The highest BCUT2D eigenvalue weighted by molar-refractivity contribution is 7.89. The number of hydrogen-bond acceptors (Lipinski definition) is 7. The zero-order chi connectivity index (χ0) is 23.6. The minimum absolute atomic E-state index is 0.0850. The number of para-hydroxylation sites is 1. The Balaban J connectivity index is 1.42. The molecule has 2 heterocycles. The van der Waals surface area contributed by atoms with Crippen LogP contribution in [0.25, 0.3) is 11.3 Å². The van der Waals surface area contributed by atoms with Crippen molar-refractivity contribution < 1.29 is 31.1 Å². The predicted octanol–water partition coefficient (Wildman–Crippen LogP) is 4.23. The number of ether oxygens (including phenoxy) is 2. The van der Waals surface area contributed by atoms with Crippen molar-refractivity contribution in [3.63, 3.8) is 0 Å². The average Bonchev–Trinajstić information content (AvgIpc) is 3.28. The van der Waals surface area contributed by atoms with Crippen molar-refractivity contribution in [3.8, 4) is 22.8 Å². The number of nitrogens with zero attached hydrogens (tertiary/aromatic N) is 3. The van der Waals surface area contributed by atoms with E-state index in [9.17, 15) is 21.6 Å². The third-order valence-corrected chi connectivity index (χ3v) is 7.89. The molecule has 3 aromatic rings. The maximum atomic E-state index is 12.9. The summed E-state index contributed by atoms with van der Waals surface area (Å²) < 4.78 is 73.3. The lowest BCUT2D eigenvalue weighted by molar-refractivity contribution is -0.274. The topological polar surface area (TPSA) is 72.0 Å². The van der Waals surface area contributed by atoms with Crippen molar-refractivity contribution in [3.05, 3.63) is 53.9 Å². The van der Waals surface area contributed by atoms with Gasteiger partial charge in [-0.05, 0) is 36.4 Å². The fourth-order valence-electron chi connectivity index (χ4n) is 3.47. The van der Waals surface area contributed by atoms with E-state index in [2.05, 4.69) is 9.72 Å². The third-order valence-electron chi connectivity index (χ3n) is 5.08. The van der Waals surface area contributed by atoms with E-state index in [0.29, 0.717) is 13.1 Å². The largest absolute Gasteiger partial charge is 0.573 e. The van der Waals surface area contributed by atoms with Gasteiger partial charge in [0.05, 0.1) is 17.7 Å². The van der Waals surface area contributed by atoms with Crippen molar-refractivity contribution in [1.82, 2.24) is 9.29 Å². The highest BCUT2D eigenvalue weighted by atomic mass is 32.2. The molecule has 0 saturated carbocycles. The minimum Gasteiger partial charge on any atom is -0.496 e. The van der Waals surface area contributed by atoms with Crippen LogP contribution in [0.3, 0.4) is 0 Å². The van der Waals surface area contributed by atoms with E-state index in [1.54, 1.807) is 7.11 Å². The molecule has 0 amide bonds. The Morgan fingerprint density at radius 3 is 2.30 bits per heavy atom. The Morgan fingerprint density at radius 2 is 1.67 bits per heavy atom. The molecule has 0 radical (unpaired) electrons. The molecule has 0 bridgehead atoms. The first-order valence-electron chi connectivity index (χ1n) is 9.87. The van der Waals surface area contributed by atoms with Crippen LogP contribution in [0.1, 0.15) is 0 Å². The molecule has 0 unspecified atom stereocenters. The monoisotopic (exact) mass is 499 g/mol. The smallest absolute Gasteiger partial charge is 0.496 e. The number of hydrogen-bond donors (Lipinski definition) is 0. The summed E-state index contributed by atoms with van der Waals surface area (Å²) in [7, 11) is -2.24. The molecule has 7 nitrogen and oxygen atoms in total. The SMILES string of the molecule is COc1ccccc1-c1csc(N2CCN(S(=O)(=O)c3ccc(OC(F)(F)F)cc3)CC2)n1. The lowest BCUT2D eigenvalue weighted by Crippen LogP contribution is -2.48. The van der Waals surface area contributed by atoms with E-state index >= 15 is 0 Å². The molecule has 1 aliphatic heterocycles. The van der Waals surface area contributed by atoms with Gasteiger partial charge in [0.15, 0.2) is 5.13 Å². The number of benzene rings is 2. The lowest BCUT2D eigenvalue weighted by Gasteiger charge is -2.33. The summed E-state index contributed by atoms with van der Waals surface area (Å²) in [6.45, 7) is 1.33. The van der Waals surface area contributed by atoms with E-state index in [-0.39, 0.29) is 18.0 Å². The van der Waals surface area contributed by atoms with Gasteiger partial charge in [-0.3, -0.25) is 0 Å². The number of aromatic nitrogens is 1. The van der Waals surface area contributed by atoms with Crippen LogP contribution in [0.4, 0.5) is 18.3 Å². The van der Waals surface area contributed by atoms with Crippen LogP contribution < -0.4 is 14.4 Å². The molecule has 33 heavy (non-hydrogen) atoms. The summed E-state index contributed by atoms with van der Waals surface area (Å²) in [4.78, 5) is 6.61. The molecule has 0 aliphatic carbocycles. The maximum Gasteiger partial charge on any atom is 0.573 e. The summed E-state index contributed by atoms with van der Waals surface area (Å²) in [6.07, 6.45) is -4.84. The lowest BCUT2D eigenvalue weighted by atomic mass is 10.1. The molecule has 0 spiro atoms.